The predicted octanol–water partition coefficient (Wildman–Crippen LogP) is 4.81. The lowest BCUT2D eigenvalue weighted by Crippen LogP contribution is -1.99. The lowest BCUT2D eigenvalue weighted by Gasteiger charge is -2.05. The number of nitrogens with one attached hydrogen (secondary N) is 1. The number of aromatic carboxylic acids is 1. The van der Waals surface area contributed by atoms with Gasteiger partial charge in [-0.15, -0.1) is 11.3 Å². The zero-order chi connectivity index (χ0) is 20.3. The van der Waals surface area contributed by atoms with Gasteiger partial charge in [-0.25, -0.2) is 9.78 Å². The minimum absolute atomic E-state index is 0.219. The summed E-state index contributed by atoms with van der Waals surface area (Å²) in [6.45, 7) is 4.05. The first-order valence-electron chi connectivity index (χ1n) is 8.35. The second kappa shape index (κ2) is 7.94. The maximum Gasteiger partial charge on any atom is 0.339 e. The summed E-state index contributed by atoms with van der Waals surface area (Å²) < 4.78 is 0. The van der Waals surface area contributed by atoms with E-state index in [1.807, 2.05) is 31.4 Å². The highest BCUT2D eigenvalue weighted by molar-refractivity contribution is 7.11. The largest absolute Gasteiger partial charge is 0.507 e. The SMILES string of the molecule is Cc1ccc(-c2csc(C(C#N)=CNc3ccc(O)c(C(=O)O)c3)n2)c(C)c1. The van der Waals surface area contributed by atoms with E-state index in [9.17, 15) is 15.2 Å². The Morgan fingerprint density at radius 1 is 1.25 bits per heavy atom. The molecule has 3 aromatic rings. The van der Waals surface area contributed by atoms with Crippen molar-refractivity contribution in [2.24, 2.45) is 0 Å². The van der Waals surface area contributed by atoms with Crippen molar-refractivity contribution in [1.82, 2.24) is 4.98 Å². The van der Waals surface area contributed by atoms with Gasteiger partial charge in [0, 0.05) is 22.8 Å². The second-order valence-corrected chi connectivity index (χ2v) is 7.07. The number of rotatable bonds is 5. The Labute approximate surface area is 166 Å². The fourth-order valence-corrected chi connectivity index (χ4v) is 3.50. The molecule has 3 N–H and O–H groups in total. The van der Waals surface area contributed by atoms with Crippen LogP contribution in [0.2, 0.25) is 0 Å². The van der Waals surface area contributed by atoms with Crippen LogP contribution in [0, 0.1) is 25.2 Å². The zero-order valence-corrected chi connectivity index (χ0v) is 16.0. The highest BCUT2D eigenvalue weighted by Gasteiger charge is 2.12. The van der Waals surface area contributed by atoms with Gasteiger partial charge in [-0.3, -0.25) is 0 Å². The Bertz CT molecular complexity index is 1130. The summed E-state index contributed by atoms with van der Waals surface area (Å²) >= 11 is 1.36. The summed E-state index contributed by atoms with van der Waals surface area (Å²) in [4.78, 5) is 15.7. The first kappa shape index (κ1) is 19.1. The van der Waals surface area contributed by atoms with E-state index < -0.39 is 5.97 Å². The fourth-order valence-electron chi connectivity index (χ4n) is 2.72. The summed E-state index contributed by atoms with van der Waals surface area (Å²) in [5, 5.41) is 33.5. The number of anilines is 1. The number of carboxylic acid groups (broad SMARTS) is 1. The number of nitrogens with zero attached hydrogens (tertiary/aromatic N) is 2. The topological polar surface area (TPSA) is 106 Å². The van der Waals surface area contributed by atoms with Gasteiger partial charge < -0.3 is 15.5 Å². The maximum absolute atomic E-state index is 11.1. The van der Waals surface area contributed by atoms with Crippen molar-refractivity contribution < 1.29 is 15.0 Å². The van der Waals surface area contributed by atoms with Crippen LogP contribution >= 0.6 is 11.3 Å². The van der Waals surface area contributed by atoms with Gasteiger partial charge in [-0.1, -0.05) is 23.8 Å². The third-order valence-electron chi connectivity index (χ3n) is 4.12. The van der Waals surface area contributed by atoms with Crippen molar-refractivity contribution >= 4 is 28.6 Å². The van der Waals surface area contributed by atoms with E-state index in [1.165, 1.54) is 41.3 Å². The molecular formula is C21H17N3O3S. The van der Waals surface area contributed by atoms with E-state index in [-0.39, 0.29) is 11.3 Å². The predicted molar refractivity (Wildman–Crippen MR) is 109 cm³/mol. The van der Waals surface area contributed by atoms with Gasteiger partial charge in [-0.05, 0) is 37.6 Å². The first-order valence-corrected chi connectivity index (χ1v) is 9.23. The highest BCUT2D eigenvalue weighted by atomic mass is 32.1. The van der Waals surface area contributed by atoms with Crippen LogP contribution in [-0.2, 0) is 0 Å². The van der Waals surface area contributed by atoms with E-state index in [4.69, 9.17) is 5.11 Å². The smallest absolute Gasteiger partial charge is 0.339 e. The molecule has 0 spiro atoms. The van der Waals surface area contributed by atoms with E-state index in [1.54, 1.807) is 0 Å². The number of nitriles is 1. The molecule has 2 aromatic carbocycles. The Kier molecular flexibility index (Phi) is 5.43. The molecule has 0 unspecified atom stereocenters. The molecule has 0 aliphatic rings. The van der Waals surface area contributed by atoms with E-state index >= 15 is 0 Å². The number of allylic oxidation sites excluding steroid dienone is 1. The average molecular weight is 391 g/mol. The maximum atomic E-state index is 11.1. The third kappa shape index (κ3) is 4.03. The van der Waals surface area contributed by atoms with Gasteiger partial charge >= 0.3 is 5.97 Å². The van der Waals surface area contributed by atoms with Crippen LogP contribution in [0.3, 0.4) is 0 Å². The molecule has 28 heavy (non-hydrogen) atoms. The quantitative estimate of drug-likeness (QED) is 0.426. The molecule has 6 nitrogen and oxygen atoms in total. The molecule has 1 heterocycles. The Balaban J connectivity index is 1.86. The first-order chi connectivity index (χ1) is 13.4. The third-order valence-corrected chi connectivity index (χ3v) is 5.00. The van der Waals surface area contributed by atoms with Gasteiger partial charge in [0.2, 0.25) is 0 Å². The molecule has 3 rings (SSSR count). The Morgan fingerprint density at radius 2 is 2.04 bits per heavy atom. The zero-order valence-electron chi connectivity index (χ0n) is 15.2. The molecule has 0 amide bonds. The van der Waals surface area contributed by atoms with Crippen LogP contribution in [0.4, 0.5) is 5.69 Å². The summed E-state index contributed by atoms with van der Waals surface area (Å²) in [5.74, 6) is -1.55. The Hall–Kier alpha value is -3.63. The lowest BCUT2D eigenvalue weighted by molar-refractivity contribution is 0.0694. The number of thiazole rings is 1. The highest BCUT2D eigenvalue weighted by Crippen LogP contribution is 2.29. The molecular weight excluding hydrogens is 374 g/mol. The van der Waals surface area contributed by atoms with E-state index in [0.29, 0.717) is 16.3 Å². The van der Waals surface area contributed by atoms with Crippen LogP contribution in [0.1, 0.15) is 26.5 Å². The van der Waals surface area contributed by atoms with Crippen molar-refractivity contribution in [3.8, 4) is 23.1 Å². The van der Waals surface area contributed by atoms with Gasteiger partial charge in [-0.2, -0.15) is 5.26 Å². The average Bonchev–Trinajstić information content (AvgIpc) is 3.13. The molecule has 0 fully saturated rings. The van der Waals surface area contributed by atoms with Crippen LogP contribution in [0.25, 0.3) is 16.8 Å². The number of aromatic nitrogens is 1. The second-order valence-electron chi connectivity index (χ2n) is 6.21. The number of carboxylic acids is 1. The van der Waals surface area contributed by atoms with Crippen molar-refractivity contribution in [2.75, 3.05) is 5.32 Å². The van der Waals surface area contributed by atoms with Gasteiger partial charge in [0.25, 0.3) is 0 Å². The monoisotopic (exact) mass is 391 g/mol. The lowest BCUT2D eigenvalue weighted by atomic mass is 10.0. The molecule has 1 aromatic heterocycles. The number of benzene rings is 2. The molecule has 0 saturated heterocycles. The normalized spacial score (nSPS) is 11.1. The number of hydrogen-bond acceptors (Lipinski definition) is 6. The van der Waals surface area contributed by atoms with Crippen LogP contribution in [0.15, 0.2) is 48.0 Å². The van der Waals surface area contributed by atoms with Gasteiger partial charge in [0.1, 0.15) is 28.0 Å². The summed E-state index contributed by atoms with van der Waals surface area (Å²) in [6, 6.07) is 12.3. The molecule has 0 radical (unpaired) electrons. The van der Waals surface area contributed by atoms with Gasteiger partial charge in [0.05, 0.1) is 5.69 Å². The van der Waals surface area contributed by atoms with E-state index in [2.05, 4.69) is 22.4 Å². The van der Waals surface area contributed by atoms with E-state index in [0.717, 1.165) is 16.8 Å². The van der Waals surface area contributed by atoms with Crippen molar-refractivity contribution in [3.05, 3.63) is 69.7 Å². The number of aromatic hydroxyl groups is 1. The minimum atomic E-state index is -1.23. The summed E-state index contributed by atoms with van der Waals surface area (Å²) in [6.07, 6.45) is 1.47. The standard InChI is InChI=1S/C21H17N3O3S/c1-12-3-5-16(13(2)7-12)18-11-28-20(24-18)14(9-22)10-23-15-4-6-19(25)17(8-15)21(26)27/h3-8,10-11,23,25H,1-2H3,(H,26,27). The summed E-state index contributed by atoms with van der Waals surface area (Å²) in [7, 11) is 0. The van der Waals surface area contributed by atoms with Crippen LogP contribution in [0.5, 0.6) is 5.75 Å². The Morgan fingerprint density at radius 3 is 2.71 bits per heavy atom. The fraction of sp³-hybridized carbons (Fsp3) is 0.0952. The molecule has 7 heteroatoms. The van der Waals surface area contributed by atoms with Gasteiger partial charge in [0.15, 0.2) is 0 Å². The van der Waals surface area contributed by atoms with Crippen LogP contribution < -0.4 is 5.32 Å². The molecule has 0 saturated carbocycles. The number of carbonyl (C=O) groups is 1. The molecule has 0 aliphatic heterocycles. The van der Waals surface area contributed by atoms with Crippen LogP contribution in [-0.4, -0.2) is 21.2 Å². The number of aryl methyl sites for hydroxylation is 2. The number of phenols is 1. The number of hydrogen-bond donors (Lipinski definition) is 3. The molecule has 0 bridgehead atoms. The molecule has 0 atom stereocenters. The molecule has 140 valence electrons. The minimum Gasteiger partial charge on any atom is -0.507 e. The summed E-state index contributed by atoms with van der Waals surface area (Å²) in [5.41, 5.74) is 4.65. The van der Waals surface area contributed by atoms with Crippen molar-refractivity contribution in [2.45, 2.75) is 13.8 Å². The van der Waals surface area contributed by atoms with Crippen molar-refractivity contribution in [1.29, 1.82) is 5.26 Å². The molecule has 0 aliphatic carbocycles. The van der Waals surface area contributed by atoms with Crippen molar-refractivity contribution in [3.63, 3.8) is 0 Å².